The first-order valence-electron chi connectivity index (χ1n) is 6.07. The lowest BCUT2D eigenvalue weighted by Gasteiger charge is -2.11. The number of rotatable bonds is 5. The molecule has 6 heteroatoms. The molecule has 0 aliphatic heterocycles. The van der Waals surface area contributed by atoms with E-state index >= 15 is 0 Å². The fraction of sp³-hybridized carbons (Fsp3) is 0.0667. The lowest BCUT2D eigenvalue weighted by Crippen LogP contribution is -2.21. The SMILES string of the molecule is O=C(COc1ccccc1)Nc1c(Cl)cccc1C(=O)O. The molecule has 0 atom stereocenters. The summed E-state index contributed by atoms with van der Waals surface area (Å²) in [5, 5.41) is 11.7. The second-order valence-electron chi connectivity index (χ2n) is 4.12. The van der Waals surface area contributed by atoms with Crippen LogP contribution in [-0.2, 0) is 4.79 Å². The van der Waals surface area contributed by atoms with Crippen molar-refractivity contribution in [3.8, 4) is 5.75 Å². The number of anilines is 1. The van der Waals surface area contributed by atoms with E-state index in [1.165, 1.54) is 18.2 Å². The summed E-state index contributed by atoms with van der Waals surface area (Å²) < 4.78 is 5.28. The number of aromatic carboxylic acids is 1. The predicted octanol–water partition coefficient (Wildman–Crippen LogP) is 3.06. The number of halogens is 1. The fourth-order valence-corrected chi connectivity index (χ4v) is 1.89. The Morgan fingerprint density at radius 1 is 1.10 bits per heavy atom. The lowest BCUT2D eigenvalue weighted by atomic mass is 10.2. The number of amides is 1. The van der Waals surface area contributed by atoms with Crippen LogP contribution in [0.1, 0.15) is 10.4 Å². The Morgan fingerprint density at radius 3 is 2.48 bits per heavy atom. The number of carboxylic acids is 1. The highest BCUT2D eigenvalue weighted by atomic mass is 35.5. The Kier molecular flexibility index (Phi) is 4.79. The first-order chi connectivity index (χ1) is 10.1. The molecule has 2 aromatic rings. The van der Waals surface area contributed by atoms with Gasteiger partial charge in [0.1, 0.15) is 5.75 Å². The number of carboxylic acid groups (broad SMARTS) is 1. The number of nitrogens with one attached hydrogen (secondary N) is 1. The maximum Gasteiger partial charge on any atom is 0.337 e. The second-order valence-corrected chi connectivity index (χ2v) is 4.52. The van der Waals surface area contributed by atoms with Gasteiger partial charge < -0.3 is 15.2 Å². The first-order valence-corrected chi connectivity index (χ1v) is 6.45. The lowest BCUT2D eigenvalue weighted by molar-refractivity contribution is -0.118. The zero-order valence-electron chi connectivity index (χ0n) is 10.9. The van der Waals surface area contributed by atoms with Crippen molar-refractivity contribution in [3.05, 3.63) is 59.1 Å². The van der Waals surface area contributed by atoms with E-state index in [1.807, 2.05) is 6.07 Å². The number of carbonyl (C=O) groups is 2. The summed E-state index contributed by atoms with van der Waals surface area (Å²) in [5.74, 6) is -1.11. The van der Waals surface area contributed by atoms with Gasteiger partial charge in [0.15, 0.2) is 6.61 Å². The van der Waals surface area contributed by atoms with Gasteiger partial charge in [-0.05, 0) is 24.3 Å². The molecule has 0 heterocycles. The quantitative estimate of drug-likeness (QED) is 0.890. The number of benzene rings is 2. The molecule has 0 radical (unpaired) electrons. The Morgan fingerprint density at radius 2 is 1.81 bits per heavy atom. The number of hydrogen-bond donors (Lipinski definition) is 2. The zero-order valence-corrected chi connectivity index (χ0v) is 11.6. The molecule has 0 unspecified atom stereocenters. The molecule has 108 valence electrons. The van der Waals surface area contributed by atoms with Gasteiger partial charge in [-0.3, -0.25) is 4.79 Å². The molecule has 0 aliphatic carbocycles. The number of ether oxygens (including phenoxy) is 1. The van der Waals surface area contributed by atoms with Crippen LogP contribution >= 0.6 is 11.6 Å². The molecule has 0 aromatic heterocycles. The van der Waals surface area contributed by atoms with Crippen LogP contribution in [0.25, 0.3) is 0 Å². The molecular weight excluding hydrogens is 294 g/mol. The van der Waals surface area contributed by atoms with Crippen molar-refractivity contribution < 1.29 is 19.4 Å². The summed E-state index contributed by atoms with van der Waals surface area (Å²) in [6.45, 7) is -0.242. The number of hydrogen-bond acceptors (Lipinski definition) is 3. The molecule has 5 nitrogen and oxygen atoms in total. The molecule has 2 N–H and O–H groups in total. The normalized spacial score (nSPS) is 9.95. The predicted molar refractivity (Wildman–Crippen MR) is 79.0 cm³/mol. The van der Waals surface area contributed by atoms with Crippen molar-refractivity contribution in [1.82, 2.24) is 0 Å². The maximum atomic E-state index is 11.8. The van der Waals surface area contributed by atoms with Crippen LogP contribution in [0.3, 0.4) is 0 Å². The van der Waals surface area contributed by atoms with E-state index in [4.69, 9.17) is 21.4 Å². The van der Waals surface area contributed by atoms with Gasteiger partial charge in [0.2, 0.25) is 0 Å². The minimum absolute atomic E-state index is 0.0633. The van der Waals surface area contributed by atoms with Gasteiger partial charge in [0.05, 0.1) is 16.3 Å². The van der Waals surface area contributed by atoms with E-state index in [0.717, 1.165) is 0 Å². The van der Waals surface area contributed by atoms with E-state index < -0.39 is 11.9 Å². The van der Waals surface area contributed by atoms with Gasteiger partial charge in [-0.2, -0.15) is 0 Å². The van der Waals surface area contributed by atoms with E-state index in [0.29, 0.717) is 5.75 Å². The highest BCUT2D eigenvalue weighted by Gasteiger charge is 2.15. The molecule has 0 saturated carbocycles. The van der Waals surface area contributed by atoms with Crippen molar-refractivity contribution in [2.75, 3.05) is 11.9 Å². The molecule has 2 aromatic carbocycles. The van der Waals surface area contributed by atoms with Crippen LogP contribution in [0, 0.1) is 0 Å². The van der Waals surface area contributed by atoms with Crippen molar-refractivity contribution in [2.45, 2.75) is 0 Å². The largest absolute Gasteiger partial charge is 0.484 e. The third-order valence-electron chi connectivity index (χ3n) is 2.62. The standard InChI is InChI=1S/C15H12ClNO4/c16-12-8-4-7-11(15(19)20)14(12)17-13(18)9-21-10-5-2-1-3-6-10/h1-8H,9H2,(H,17,18)(H,19,20). The highest BCUT2D eigenvalue weighted by Crippen LogP contribution is 2.26. The fourth-order valence-electron chi connectivity index (χ4n) is 1.67. The molecule has 0 saturated heterocycles. The Bertz CT molecular complexity index is 658. The summed E-state index contributed by atoms with van der Waals surface area (Å²) in [6, 6.07) is 13.2. The minimum atomic E-state index is -1.17. The van der Waals surface area contributed by atoms with E-state index in [9.17, 15) is 9.59 Å². The average molecular weight is 306 g/mol. The van der Waals surface area contributed by atoms with Crippen LogP contribution in [0.5, 0.6) is 5.75 Å². The third kappa shape index (κ3) is 3.97. The van der Waals surface area contributed by atoms with Gasteiger partial charge in [0, 0.05) is 0 Å². The van der Waals surface area contributed by atoms with E-state index in [1.54, 1.807) is 24.3 Å². The van der Waals surface area contributed by atoms with Gasteiger partial charge in [-0.25, -0.2) is 4.79 Å². The molecule has 0 bridgehead atoms. The topological polar surface area (TPSA) is 75.6 Å². The van der Waals surface area contributed by atoms with Gasteiger partial charge in [-0.15, -0.1) is 0 Å². The third-order valence-corrected chi connectivity index (χ3v) is 2.94. The smallest absolute Gasteiger partial charge is 0.337 e. The zero-order chi connectivity index (χ0) is 15.2. The van der Waals surface area contributed by atoms with Crippen LogP contribution in [0.15, 0.2) is 48.5 Å². The summed E-state index contributed by atoms with van der Waals surface area (Å²) in [6.07, 6.45) is 0. The molecule has 2 rings (SSSR count). The van der Waals surface area contributed by atoms with Crippen molar-refractivity contribution in [3.63, 3.8) is 0 Å². The second kappa shape index (κ2) is 6.76. The molecule has 0 fully saturated rings. The van der Waals surface area contributed by atoms with Crippen LogP contribution in [0.4, 0.5) is 5.69 Å². The van der Waals surface area contributed by atoms with Crippen LogP contribution in [0.2, 0.25) is 5.02 Å². The summed E-state index contributed by atoms with van der Waals surface area (Å²) in [7, 11) is 0. The number of para-hydroxylation sites is 2. The molecule has 0 spiro atoms. The van der Waals surface area contributed by atoms with Gasteiger partial charge >= 0.3 is 5.97 Å². The summed E-state index contributed by atoms with van der Waals surface area (Å²) >= 11 is 5.92. The highest BCUT2D eigenvalue weighted by molar-refractivity contribution is 6.34. The number of carbonyl (C=O) groups excluding carboxylic acids is 1. The summed E-state index contributed by atoms with van der Waals surface area (Å²) in [5.41, 5.74) is -0.0103. The van der Waals surface area contributed by atoms with E-state index in [2.05, 4.69) is 5.32 Å². The van der Waals surface area contributed by atoms with Crippen molar-refractivity contribution in [2.24, 2.45) is 0 Å². The Hall–Kier alpha value is -2.53. The monoisotopic (exact) mass is 305 g/mol. The maximum absolute atomic E-state index is 11.8. The van der Waals surface area contributed by atoms with Gasteiger partial charge in [0.25, 0.3) is 5.91 Å². The van der Waals surface area contributed by atoms with Crippen LogP contribution < -0.4 is 10.1 Å². The van der Waals surface area contributed by atoms with Gasteiger partial charge in [-0.1, -0.05) is 35.9 Å². The summed E-state index contributed by atoms with van der Waals surface area (Å²) in [4.78, 5) is 22.9. The van der Waals surface area contributed by atoms with Crippen LogP contribution in [-0.4, -0.2) is 23.6 Å². The van der Waals surface area contributed by atoms with E-state index in [-0.39, 0.29) is 22.9 Å². The molecule has 1 amide bonds. The van der Waals surface area contributed by atoms with Crippen molar-refractivity contribution in [1.29, 1.82) is 0 Å². The molecule has 0 aliphatic rings. The minimum Gasteiger partial charge on any atom is -0.484 e. The first kappa shape index (κ1) is 14.9. The molecular formula is C15H12ClNO4. The van der Waals surface area contributed by atoms with Crippen molar-refractivity contribution >= 4 is 29.2 Å². The Labute approximate surface area is 126 Å². The molecule has 21 heavy (non-hydrogen) atoms. The average Bonchev–Trinajstić information content (AvgIpc) is 2.48. The Balaban J connectivity index is 2.05.